The van der Waals surface area contributed by atoms with Crippen LogP contribution in [-0.4, -0.2) is 47.6 Å². The number of rotatable bonds is 5. The van der Waals surface area contributed by atoms with Crippen LogP contribution in [0.5, 0.6) is 0 Å². The minimum absolute atomic E-state index is 0.0563. The summed E-state index contributed by atoms with van der Waals surface area (Å²) in [4.78, 5) is 19.1. The number of pyridine rings is 1. The first-order chi connectivity index (χ1) is 15.8. The van der Waals surface area contributed by atoms with Crippen molar-refractivity contribution in [2.24, 2.45) is 0 Å². The molecule has 2 saturated heterocycles. The van der Waals surface area contributed by atoms with E-state index < -0.39 is 23.7 Å². The van der Waals surface area contributed by atoms with E-state index in [2.05, 4.69) is 21.3 Å². The van der Waals surface area contributed by atoms with Gasteiger partial charge in [-0.1, -0.05) is 6.07 Å². The van der Waals surface area contributed by atoms with E-state index in [0.29, 0.717) is 25.0 Å². The molecule has 0 saturated carbocycles. The van der Waals surface area contributed by atoms with Crippen molar-refractivity contribution in [3.63, 3.8) is 0 Å². The standard InChI is InChI=1S/C24H27F4N3O2/c25-20-11-16(10-19(12-20)24(26,27)28)13-30-23(32)22-4-3-21(15-33-22)31-8-5-17(6-9-31)18-2-1-7-29-14-18/h1-2,7,10-12,14,17,21-22H,3-6,8-9,13,15H2,(H,30,32)/t21?,22-/m1/s1. The number of nitrogens with one attached hydrogen (secondary N) is 1. The third-order valence-electron chi connectivity index (χ3n) is 6.50. The Morgan fingerprint density at radius 3 is 2.58 bits per heavy atom. The molecule has 9 heteroatoms. The molecule has 1 unspecified atom stereocenters. The molecule has 2 fully saturated rings. The van der Waals surface area contributed by atoms with Gasteiger partial charge in [0.2, 0.25) is 5.91 Å². The molecule has 2 aromatic rings. The number of ether oxygens (including phenoxy) is 1. The lowest BCUT2D eigenvalue weighted by Gasteiger charge is -2.40. The highest BCUT2D eigenvalue weighted by molar-refractivity contribution is 5.80. The molecule has 178 valence electrons. The van der Waals surface area contributed by atoms with Crippen LogP contribution in [0.1, 0.15) is 48.3 Å². The van der Waals surface area contributed by atoms with E-state index in [1.54, 1.807) is 6.20 Å². The predicted molar refractivity (Wildman–Crippen MR) is 114 cm³/mol. The summed E-state index contributed by atoms with van der Waals surface area (Å²) in [5.74, 6) is -0.863. The normalized spacial score (nSPS) is 22.8. The second kappa shape index (κ2) is 10.2. The Labute approximate surface area is 190 Å². The molecule has 3 heterocycles. The quantitative estimate of drug-likeness (QED) is 0.670. The monoisotopic (exact) mass is 465 g/mol. The van der Waals surface area contributed by atoms with E-state index >= 15 is 0 Å². The molecule has 5 nitrogen and oxygen atoms in total. The highest BCUT2D eigenvalue weighted by Gasteiger charge is 2.33. The zero-order chi connectivity index (χ0) is 23.4. The lowest BCUT2D eigenvalue weighted by atomic mass is 9.89. The summed E-state index contributed by atoms with van der Waals surface area (Å²) in [7, 11) is 0. The van der Waals surface area contributed by atoms with Crippen LogP contribution in [-0.2, 0) is 22.3 Å². The number of likely N-dealkylation sites (tertiary alicyclic amines) is 1. The Kier molecular flexibility index (Phi) is 7.29. The molecular weight excluding hydrogens is 438 g/mol. The van der Waals surface area contributed by atoms with Crippen molar-refractivity contribution in [1.29, 1.82) is 0 Å². The van der Waals surface area contributed by atoms with Crippen molar-refractivity contribution < 1.29 is 27.1 Å². The van der Waals surface area contributed by atoms with Gasteiger partial charge in [0.25, 0.3) is 0 Å². The van der Waals surface area contributed by atoms with Gasteiger partial charge >= 0.3 is 6.18 Å². The lowest BCUT2D eigenvalue weighted by Crippen LogP contribution is -2.49. The average molecular weight is 465 g/mol. The van der Waals surface area contributed by atoms with Gasteiger partial charge in [-0.05, 0) is 80.1 Å². The smallest absolute Gasteiger partial charge is 0.367 e. The van der Waals surface area contributed by atoms with Crippen molar-refractivity contribution in [2.45, 2.75) is 56.5 Å². The van der Waals surface area contributed by atoms with E-state index in [9.17, 15) is 22.4 Å². The maximum Gasteiger partial charge on any atom is 0.416 e. The van der Waals surface area contributed by atoms with Crippen molar-refractivity contribution in [3.05, 3.63) is 65.2 Å². The minimum atomic E-state index is -4.64. The molecule has 0 radical (unpaired) electrons. The zero-order valence-electron chi connectivity index (χ0n) is 18.2. The van der Waals surface area contributed by atoms with Crippen LogP contribution < -0.4 is 5.32 Å². The number of aromatic nitrogens is 1. The summed E-state index contributed by atoms with van der Waals surface area (Å²) in [6.07, 6.45) is 1.88. The number of benzene rings is 1. The zero-order valence-corrected chi connectivity index (χ0v) is 18.2. The van der Waals surface area contributed by atoms with Gasteiger partial charge in [-0.15, -0.1) is 0 Å². The van der Waals surface area contributed by atoms with Crippen LogP contribution in [0.25, 0.3) is 0 Å². The summed E-state index contributed by atoms with van der Waals surface area (Å²) >= 11 is 0. The molecule has 1 N–H and O–H groups in total. The van der Waals surface area contributed by atoms with Gasteiger partial charge in [0.15, 0.2) is 0 Å². The number of alkyl halides is 3. The number of hydrogen-bond acceptors (Lipinski definition) is 4. The number of halogens is 4. The molecule has 0 bridgehead atoms. The summed E-state index contributed by atoms with van der Waals surface area (Å²) < 4.78 is 57.9. The van der Waals surface area contributed by atoms with Crippen LogP contribution in [0.3, 0.4) is 0 Å². The summed E-state index contributed by atoms with van der Waals surface area (Å²) in [6, 6.07) is 6.61. The Hall–Kier alpha value is -2.52. The largest absolute Gasteiger partial charge is 0.416 e. The van der Waals surface area contributed by atoms with Crippen LogP contribution >= 0.6 is 0 Å². The molecular formula is C24H27F4N3O2. The Bertz CT molecular complexity index is 938. The van der Waals surface area contributed by atoms with E-state index in [0.717, 1.165) is 44.5 Å². The summed E-state index contributed by atoms with van der Waals surface area (Å²) in [5.41, 5.74) is 0.256. The van der Waals surface area contributed by atoms with Gasteiger partial charge in [-0.3, -0.25) is 14.7 Å². The molecule has 1 aromatic carbocycles. The van der Waals surface area contributed by atoms with Crippen LogP contribution in [0.15, 0.2) is 42.7 Å². The fourth-order valence-electron chi connectivity index (χ4n) is 4.67. The number of carbonyl (C=O) groups is 1. The third-order valence-corrected chi connectivity index (χ3v) is 6.50. The molecule has 1 amide bonds. The molecule has 2 aliphatic heterocycles. The van der Waals surface area contributed by atoms with E-state index in [4.69, 9.17) is 4.74 Å². The van der Waals surface area contributed by atoms with Crippen molar-refractivity contribution in [2.75, 3.05) is 19.7 Å². The number of carbonyl (C=O) groups excluding carboxylic acids is 1. The van der Waals surface area contributed by atoms with Crippen LogP contribution in [0, 0.1) is 5.82 Å². The molecule has 33 heavy (non-hydrogen) atoms. The summed E-state index contributed by atoms with van der Waals surface area (Å²) in [6.45, 7) is 2.18. The Balaban J connectivity index is 1.22. The van der Waals surface area contributed by atoms with Gasteiger partial charge in [0.1, 0.15) is 11.9 Å². The second-order valence-electron chi connectivity index (χ2n) is 8.71. The lowest BCUT2D eigenvalue weighted by molar-refractivity contribution is -0.139. The van der Waals surface area contributed by atoms with Gasteiger partial charge in [-0.25, -0.2) is 4.39 Å². The molecule has 4 rings (SSSR count). The first-order valence-corrected chi connectivity index (χ1v) is 11.2. The van der Waals surface area contributed by atoms with Gasteiger partial charge in [0.05, 0.1) is 12.2 Å². The van der Waals surface area contributed by atoms with E-state index in [1.807, 2.05) is 12.3 Å². The molecule has 2 aliphatic rings. The highest BCUT2D eigenvalue weighted by Crippen LogP contribution is 2.31. The van der Waals surface area contributed by atoms with Crippen molar-refractivity contribution in [3.8, 4) is 0 Å². The van der Waals surface area contributed by atoms with Gasteiger partial charge in [0, 0.05) is 25.0 Å². The fraction of sp³-hybridized carbons (Fsp3) is 0.500. The number of piperidine rings is 1. The Morgan fingerprint density at radius 1 is 1.15 bits per heavy atom. The highest BCUT2D eigenvalue weighted by atomic mass is 19.4. The Morgan fingerprint density at radius 2 is 1.94 bits per heavy atom. The molecule has 0 aliphatic carbocycles. The molecule has 1 aromatic heterocycles. The number of hydrogen-bond donors (Lipinski definition) is 1. The number of amides is 1. The third kappa shape index (κ3) is 6.09. The van der Waals surface area contributed by atoms with E-state index in [1.165, 1.54) is 5.56 Å². The van der Waals surface area contributed by atoms with Crippen molar-refractivity contribution >= 4 is 5.91 Å². The fourth-order valence-corrected chi connectivity index (χ4v) is 4.67. The topological polar surface area (TPSA) is 54.5 Å². The maximum absolute atomic E-state index is 13.5. The van der Waals surface area contributed by atoms with Crippen LogP contribution in [0.2, 0.25) is 0 Å². The maximum atomic E-state index is 13.5. The average Bonchev–Trinajstić information content (AvgIpc) is 2.82. The van der Waals surface area contributed by atoms with Crippen molar-refractivity contribution in [1.82, 2.24) is 15.2 Å². The second-order valence-corrected chi connectivity index (χ2v) is 8.71. The first kappa shape index (κ1) is 23.6. The van der Waals surface area contributed by atoms with Crippen LogP contribution in [0.4, 0.5) is 17.6 Å². The van der Waals surface area contributed by atoms with E-state index in [-0.39, 0.29) is 24.1 Å². The molecule has 0 spiro atoms. The molecule has 2 atom stereocenters. The first-order valence-electron chi connectivity index (χ1n) is 11.2. The predicted octanol–water partition coefficient (Wildman–Crippen LogP) is 4.28. The van der Waals surface area contributed by atoms with Gasteiger partial charge in [-0.2, -0.15) is 13.2 Å². The SMILES string of the molecule is O=C(NCc1cc(F)cc(C(F)(F)F)c1)[C@H]1CCC(N2CCC(c3cccnc3)CC2)CO1. The number of nitrogens with zero attached hydrogens (tertiary/aromatic N) is 2. The van der Waals surface area contributed by atoms with Gasteiger partial charge < -0.3 is 10.1 Å². The summed E-state index contributed by atoms with van der Waals surface area (Å²) in [5, 5.41) is 2.58. The minimum Gasteiger partial charge on any atom is -0.367 e.